The molecule has 43 heavy (non-hydrogen) atoms. The number of benzene rings is 1. The summed E-state index contributed by atoms with van der Waals surface area (Å²) in [6.45, 7) is 9.43. The van der Waals surface area contributed by atoms with Crippen molar-refractivity contribution in [2.45, 2.75) is 69.3 Å². The number of carbonyl (C=O) groups is 4. The summed E-state index contributed by atoms with van der Waals surface area (Å²) in [5, 5.41) is 4.75. The van der Waals surface area contributed by atoms with Crippen LogP contribution in [0, 0.1) is 17.3 Å². The summed E-state index contributed by atoms with van der Waals surface area (Å²) in [6, 6.07) is 5.25. The zero-order valence-corrected chi connectivity index (χ0v) is 27.1. The number of carbonyl (C=O) groups excluding carboxylic acids is 4. The van der Waals surface area contributed by atoms with Crippen molar-refractivity contribution in [2.24, 2.45) is 17.3 Å². The van der Waals surface area contributed by atoms with Crippen LogP contribution in [0.1, 0.15) is 46.5 Å². The Morgan fingerprint density at radius 1 is 1.23 bits per heavy atom. The molecular formula is C29H39BrN4O8S. The average Bonchev–Trinajstić information content (AvgIpc) is 3.86. The van der Waals surface area contributed by atoms with Crippen LogP contribution in [-0.2, 0) is 29.1 Å². The van der Waals surface area contributed by atoms with E-state index in [9.17, 15) is 27.6 Å². The maximum atomic E-state index is 14.0. The SMILES string of the molecule is C=CC1C[C@]1(NC(=O)[C@@H]1C[C@@H](COc2cccc(Br)c2)CN1C(=O)[C@@H](NC(=O)OC)C(C)(C)C)C(=O)NS(=O)(=O)C1CC1. The fourth-order valence-electron chi connectivity index (χ4n) is 5.32. The standard InChI is InChI=1S/C29H39BrN4O8S/c1-6-18-14-29(18,26(37)33-43(39,40)21-10-11-21)32-24(35)22-12-17(16-42-20-9-7-8-19(30)13-20)15-34(22)25(36)23(28(2,3)4)31-27(38)41-5/h6-9,13,17-18,21-23H,1,10-12,14-16H2,2-5H3,(H,31,38)(H,32,35)(H,33,37)/t17-,18?,22+,23-,29-/m1/s1. The van der Waals surface area contributed by atoms with Gasteiger partial charge in [0.25, 0.3) is 5.91 Å². The van der Waals surface area contributed by atoms with Gasteiger partial charge in [-0.1, -0.05) is 48.8 Å². The van der Waals surface area contributed by atoms with Crippen LogP contribution in [-0.4, -0.2) is 80.3 Å². The van der Waals surface area contributed by atoms with E-state index in [1.165, 1.54) is 18.1 Å². The summed E-state index contributed by atoms with van der Waals surface area (Å²) < 4.78 is 38.7. The van der Waals surface area contributed by atoms with Gasteiger partial charge in [-0.15, -0.1) is 6.58 Å². The van der Waals surface area contributed by atoms with E-state index in [2.05, 4.69) is 37.9 Å². The molecule has 3 fully saturated rings. The van der Waals surface area contributed by atoms with Crippen LogP contribution >= 0.6 is 15.9 Å². The van der Waals surface area contributed by atoms with E-state index in [1.807, 2.05) is 12.1 Å². The summed E-state index contributed by atoms with van der Waals surface area (Å²) in [4.78, 5) is 54.6. The number of rotatable bonds is 11. The number of ether oxygens (including phenoxy) is 2. The molecular weight excluding hydrogens is 644 g/mol. The van der Waals surface area contributed by atoms with Crippen LogP contribution in [0.2, 0.25) is 0 Å². The summed E-state index contributed by atoms with van der Waals surface area (Å²) >= 11 is 3.41. The molecule has 4 amide bonds. The Morgan fingerprint density at radius 3 is 2.49 bits per heavy atom. The van der Waals surface area contributed by atoms with Crippen LogP contribution in [0.5, 0.6) is 5.75 Å². The van der Waals surface area contributed by atoms with E-state index < -0.39 is 68.0 Å². The van der Waals surface area contributed by atoms with E-state index in [-0.39, 0.29) is 31.9 Å². The molecule has 3 aliphatic rings. The Balaban J connectivity index is 1.57. The summed E-state index contributed by atoms with van der Waals surface area (Å²) in [7, 11) is -2.65. The highest BCUT2D eigenvalue weighted by Gasteiger charge is 2.62. The fourth-order valence-corrected chi connectivity index (χ4v) is 7.06. The van der Waals surface area contributed by atoms with Crippen molar-refractivity contribution in [1.29, 1.82) is 0 Å². The summed E-state index contributed by atoms with van der Waals surface area (Å²) in [5.41, 5.74) is -2.23. The molecule has 1 aromatic carbocycles. The monoisotopic (exact) mass is 682 g/mol. The molecule has 1 aliphatic heterocycles. The van der Waals surface area contributed by atoms with Crippen molar-refractivity contribution in [2.75, 3.05) is 20.3 Å². The van der Waals surface area contributed by atoms with E-state index in [1.54, 1.807) is 32.9 Å². The Hall–Kier alpha value is -3.13. The van der Waals surface area contributed by atoms with Gasteiger partial charge in [0.05, 0.1) is 19.0 Å². The number of alkyl carbamates (subject to hydrolysis) is 1. The van der Waals surface area contributed by atoms with Gasteiger partial charge < -0.3 is 25.0 Å². The molecule has 1 saturated heterocycles. The Morgan fingerprint density at radius 2 is 1.93 bits per heavy atom. The maximum Gasteiger partial charge on any atom is 0.407 e. The highest BCUT2D eigenvalue weighted by atomic mass is 79.9. The van der Waals surface area contributed by atoms with Crippen molar-refractivity contribution in [3.8, 4) is 5.75 Å². The van der Waals surface area contributed by atoms with Gasteiger partial charge in [0, 0.05) is 22.9 Å². The lowest BCUT2D eigenvalue weighted by Gasteiger charge is -2.35. The smallest absolute Gasteiger partial charge is 0.407 e. The number of methoxy groups -OCH3 is 1. The number of sulfonamides is 1. The van der Waals surface area contributed by atoms with Gasteiger partial charge in [-0.25, -0.2) is 13.2 Å². The first kappa shape index (κ1) is 32.8. The van der Waals surface area contributed by atoms with Gasteiger partial charge in [-0.3, -0.25) is 19.1 Å². The van der Waals surface area contributed by atoms with E-state index in [0.717, 1.165) is 4.47 Å². The Bertz CT molecular complexity index is 1390. The second kappa shape index (κ2) is 12.5. The van der Waals surface area contributed by atoms with Crippen molar-refractivity contribution in [3.63, 3.8) is 0 Å². The second-order valence-corrected chi connectivity index (χ2v) is 15.4. The molecule has 0 bridgehead atoms. The van der Waals surface area contributed by atoms with Crippen LogP contribution in [0.25, 0.3) is 0 Å². The highest BCUT2D eigenvalue weighted by Crippen LogP contribution is 2.45. The Kier molecular flexibility index (Phi) is 9.50. The molecule has 0 radical (unpaired) electrons. The van der Waals surface area contributed by atoms with Gasteiger partial charge >= 0.3 is 6.09 Å². The molecule has 2 saturated carbocycles. The van der Waals surface area contributed by atoms with E-state index >= 15 is 0 Å². The molecule has 4 rings (SSSR count). The van der Waals surface area contributed by atoms with Crippen LogP contribution < -0.4 is 20.1 Å². The average molecular weight is 684 g/mol. The van der Waals surface area contributed by atoms with E-state index in [0.29, 0.717) is 18.6 Å². The molecule has 1 aromatic rings. The lowest BCUT2D eigenvalue weighted by Crippen LogP contribution is -2.60. The molecule has 236 valence electrons. The zero-order valence-electron chi connectivity index (χ0n) is 24.7. The van der Waals surface area contributed by atoms with Crippen molar-refractivity contribution in [3.05, 3.63) is 41.4 Å². The Labute approximate surface area is 260 Å². The molecule has 3 N–H and O–H groups in total. The maximum absolute atomic E-state index is 14.0. The third kappa shape index (κ3) is 7.51. The van der Waals surface area contributed by atoms with Gasteiger partial charge in [0.15, 0.2) is 0 Å². The quantitative estimate of drug-likeness (QED) is 0.300. The van der Waals surface area contributed by atoms with Crippen LogP contribution in [0.15, 0.2) is 41.4 Å². The third-order valence-corrected chi connectivity index (χ3v) is 10.4. The first-order chi connectivity index (χ1) is 20.1. The number of hydrogen-bond acceptors (Lipinski definition) is 8. The minimum absolute atomic E-state index is 0.153. The van der Waals surface area contributed by atoms with Gasteiger partial charge in [-0.05, 0) is 49.3 Å². The number of likely N-dealkylation sites (tertiary alicyclic amines) is 1. The van der Waals surface area contributed by atoms with Crippen LogP contribution in [0.3, 0.4) is 0 Å². The number of hydrogen-bond donors (Lipinski definition) is 3. The normalized spacial score (nSPS) is 25.7. The molecule has 0 spiro atoms. The van der Waals surface area contributed by atoms with Gasteiger partial charge in [0.2, 0.25) is 21.8 Å². The zero-order chi connectivity index (χ0) is 31.7. The first-order valence-corrected chi connectivity index (χ1v) is 16.5. The molecule has 5 atom stereocenters. The summed E-state index contributed by atoms with van der Waals surface area (Å²) in [6.07, 6.45) is 2.07. The molecule has 14 heteroatoms. The molecule has 2 aliphatic carbocycles. The predicted molar refractivity (Wildman–Crippen MR) is 161 cm³/mol. The highest BCUT2D eigenvalue weighted by molar-refractivity contribution is 9.10. The van der Waals surface area contributed by atoms with Gasteiger partial charge in [0.1, 0.15) is 23.4 Å². The number of nitrogens with zero attached hydrogens (tertiary/aromatic N) is 1. The predicted octanol–water partition coefficient (Wildman–Crippen LogP) is 2.49. The van der Waals surface area contributed by atoms with Gasteiger partial charge in [-0.2, -0.15) is 0 Å². The number of nitrogens with one attached hydrogen (secondary N) is 3. The minimum Gasteiger partial charge on any atom is -0.493 e. The number of amides is 4. The molecule has 1 heterocycles. The fraction of sp³-hybridized carbons (Fsp3) is 0.586. The lowest BCUT2D eigenvalue weighted by atomic mass is 9.85. The number of halogens is 1. The van der Waals surface area contributed by atoms with Crippen molar-refractivity contribution >= 4 is 49.8 Å². The second-order valence-electron chi connectivity index (χ2n) is 12.5. The summed E-state index contributed by atoms with van der Waals surface area (Å²) in [5.74, 6) is -2.04. The van der Waals surface area contributed by atoms with Crippen molar-refractivity contribution in [1.82, 2.24) is 20.3 Å². The largest absolute Gasteiger partial charge is 0.493 e. The van der Waals surface area contributed by atoms with Crippen molar-refractivity contribution < 1.29 is 37.1 Å². The first-order valence-electron chi connectivity index (χ1n) is 14.1. The molecule has 1 unspecified atom stereocenters. The lowest BCUT2D eigenvalue weighted by molar-refractivity contribution is -0.142. The van der Waals surface area contributed by atoms with Crippen LogP contribution in [0.4, 0.5) is 4.79 Å². The topological polar surface area (TPSA) is 160 Å². The third-order valence-electron chi connectivity index (χ3n) is 8.06. The molecule has 0 aromatic heterocycles. The van der Waals surface area contributed by atoms with E-state index in [4.69, 9.17) is 9.47 Å². The molecule has 12 nitrogen and oxygen atoms in total. The minimum atomic E-state index is -3.85.